The third-order valence-corrected chi connectivity index (χ3v) is 3.53. The minimum absolute atomic E-state index is 1.10. The van der Waals surface area contributed by atoms with Crippen LogP contribution in [-0.4, -0.2) is 0 Å². The number of benzene rings is 1. The Morgan fingerprint density at radius 3 is 2.19 bits per heavy atom. The van der Waals surface area contributed by atoms with Crippen molar-refractivity contribution in [2.75, 3.05) is 0 Å². The first-order chi connectivity index (χ1) is 7.68. The summed E-state index contributed by atoms with van der Waals surface area (Å²) >= 11 is 0. The van der Waals surface area contributed by atoms with Crippen molar-refractivity contribution in [2.24, 2.45) is 0 Å². The molecule has 0 radical (unpaired) electrons. The second kappa shape index (κ2) is 4.69. The van der Waals surface area contributed by atoms with Crippen molar-refractivity contribution in [3.8, 4) is 0 Å². The number of hydrogen-bond acceptors (Lipinski definition) is 0. The van der Waals surface area contributed by atoms with Crippen LogP contribution in [0.3, 0.4) is 0 Å². The van der Waals surface area contributed by atoms with E-state index in [1.165, 1.54) is 40.7 Å². The van der Waals surface area contributed by atoms with E-state index >= 15 is 0 Å². The third kappa shape index (κ3) is 2.27. The Morgan fingerprint density at radius 2 is 1.56 bits per heavy atom. The van der Waals surface area contributed by atoms with Crippen LogP contribution in [0, 0.1) is 13.8 Å². The Bertz CT molecular complexity index is 427. The van der Waals surface area contributed by atoms with Crippen LogP contribution in [0.25, 0.3) is 0 Å². The number of hydrogen-bond donors (Lipinski definition) is 0. The predicted octanol–water partition coefficient (Wildman–Crippen LogP) is 4.51. The Morgan fingerprint density at radius 1 is 0.938 bits per heavy atom. The van der Waals surface area contributed by atoms with Crippen molar-refractivity contribution in [3.05, 3.63) is 58.2 Å². The van der Waals surface area contributed by atoms with Crippen LogP contribution < -0.4 is 0 Å². The van der Waals surface area contributed by atoms with E-state index in [-0.39, 0.29) is 0 Å². The molecule has 1 aliphatic rings. The summed E-state index contributed by atoms with van der Waals surface area (Å²) in [5, 5.41) is 0. The smallest absolute Gasteiger partial charge is 0.00212 e. The van der Waals surface area contributed by atoms with Crippen LogP contribution in [-0.2, 0) is 6.42 Å². The van der Waals surface area contributed by atoms with Crippen molar-refractivity contribution in [1.82, 2.24) is 0 Å². The molecule has 0 saturated carbocycles. The molecule has 0 nitrogen and oxygen atoms in total. The molecule has 0 heterocycles. The molecule has 0 amide bonds. The minimum Gasteiger partial charge on any atom is -0.0810 e. The summed E-state index contributed by atoms with van der Waals surface area (Å²) in [6.07, 6.45) is 8.28. The normalized spacial score (nSPS) is 15.7. The van der Waals surface area contributed by atoms with E-state index in [1.54, 1.807) is 0 Å². The number of rotatable bonds is 2. The van der Waals surface area contributed by atoms with E-state index < -0.39 is 0 Å². The zero-order valence-electron chi connectivity index (χ0n) is 10.5. The van der Waals surface area contributed by atoms with Crippen LogP contribution >= 0.6 is 0 Å². The van der Waals surface area contributed by atoms with Gasteiger partial charge in [-0.05, 0) is 62.3 Å². The maximum absolute atomic E-state index is 2.40. The molecule has 0 atom stereocenters. The molecule has 1 aromatic rings. The van der Waals surface area contributed by atoms with Crippen molar-refractivity contribution in [3.63, 3.8) is 0 Å². The van der Waals surface area contributed by atoms with Crippen molar-refractivity contribution >= 4 is 0 Å². The lowest BCUT2D eigenvalue weighted by atomic mass is 9.90. The fourth-order valence-electron chi connectivity index (χ4n) is 2.38. The third-order valence-electron chi connectivity index (χ3n) is 3.53. The molecule has 0 saturated heterocycles. The van der Waals surface area contributed by atoms with Crippen molar-refractivity contribution in [2.45, 2.75) is 40.0 Å². The van der Waals surface area contributed by atoms with Gasteiger partial charge < -0.3 is 0 Å². The van der Waals surface area contributed by atoms with E-state index in [0.717, 1.165) is 6.42 Å². The topological polar surface area (TPSA) is 0 Å². The fourth-order valence-corrected chi connectivity index (χ4v) is 2.38. The van der Waals surface area contributed by atoms with Gasteiger partial charge in [0.1, 0.15) is 0 Å². The van der Waals surface area contributed by atoms with Crippen LogP contribution in [0.1, 0.15) is 36.5 Å². The van der Waals surface area contributed by atoms with Crippen molar-refractivity contribution in [1.29, 1.82) is 0 Å². The second-order valence-corrected chi connectivity index (χ2v) is 4.74. The molecule has 0 aromatic heterocycles. The average molecular weight is 212 g/mol. The molecular formula is C16H20. The lowest BCUT2D eigenvalue weighted by molar-refractivity contribution is 0.956. The zero-order valence-corrected chi connectivity index (χ0v) is 10.5. The highest BCUT2D eigenvalue weighted by molar-refractivity contribution is 5.42. The molecule has 1 aliphatic carbocycles. The van der Waals surface area contributed by atoms with Gasteiger partial charge >= 0.3 is 0 Å². The van der Waals surface area contributed by atoms with Gasteiger partial charge in [0.2, 0.25) is 0 Å². The van der Waals surface area contributed by atoms with Crippen molar-refractivity contribution < 1.29 is 0 Å². The molecule has 2 rings (SSSR count). The molecule has 0 bridgehead atoms. The van der Waals surface area contributed by atoms with Gasteiger partial charge in [0.05, 0.1) is 0 Å². The monoisotopic (exact) mass is 212 g/mol. The van der Waals surface area contributed by atoms with E-state index in [2.05, 4.69) is 51.1 Å². The second-order valence-electron chi connectivity index (χ2n) is 4.74. The number of aryl methyl sites for hydroxylation is 2. The van der Waals surface area contributed by atoms with Crippen LogP contribution in [0.15, 0.2) is 41.5 Å². The Hall–Kier alpha value is -1.30. The van der Waals surface area contributed by atoms with Crippen LogP contribution in [0.2, 0.25) is 0 Å². The lowest BCUT2D eigenvalue weighted by Gasteiger charge is -2.16. The summed E-state index contributed by atoms with van der Waals surface area (Å²) < 4.78 is 0. The average Bonchev–Trinajstić information content (AvgIpc) is 2.26. The van der Waals surface area contributed by atoms with E-state index in [9.17, 15) is 0 Å². The molecule has 0 heteroatoms. The van der Waals surface area contributed by atoms with Gasteiger partial charge in [-0.25, -0.2) is 0 Å². The molecule has 0 fully saturated rings. The zero-order chi connectivity index (χ0) is 11.5. The van der Waals surface area contributed by atoms with Gasteiger partial charge in [0.25, 0.3) is 0 Å². The van der Waals surface area contributed by atoms with Gasteiger partial charge in [-0.1, -0.05) is 35.9 Å². The Balaban J connectivity index is 2.27. The van der Waals surface area contributed by atoms with Crippen LogP contribution in [0.4, 0.5) is 0 Å². The molecule has 0 spiro atoms. The summed E-state index contributed by atoms with van der Waals surface area (Å²) in [5.74, 6) is 0. The van der Waals surface area contributed by atoms with E-state index in [4.69, 9.17) is 0 Å². The molecule has 0 aliphatic heterocycles. The quantitative estimate of drug-likeness (QED) is 0.676. The SMILES string of the molecule is CC1=CCCC=C1Cc1c(C)cccc1C. The summed E-state index contributed by atoms with van der Waals surface area (Å²) in [4.78, 5) is 0. The van der Waals surface area contributed by atoms with Gasteiger partial charge in [-0.3, -0.25) is 0 Å². The fraction of sp³-hybridized carbons (Fsp3) is 0.375. The summed E-state index contributed by atoms with van der Waals surface area (Å²) in [5.41, 5.74) is 7.32. The Kier molecular flexibility index (Phi) is 3.28. The van der Waals surface area contributed by atoms with Crippen LogP contribution in [0.5, 0.6) is 0 Å². The summed E-state index contributed by atoms with van der Waals surface area (Å²) in [6.45, 7) is 6.66. The minimum atomic E-state index is 1.10. The maximum atomic E-state index is 2.40. The highest BCUT2D eigenvalue weighted by Crippen LogP contribution is 2.25. The molecule has 1 aromatic carbocycles. The summed E-state index contributed by atoms with van der Waals surface area (Å²) in [7, 11) is 0. The van der Waals surface area contributed by atoms with E-state index in [0.29, 0.717) is 0 Å². The highest BCUT2D eigenvalue weighted by Gasteiger charge is 2.08. The summed E-state index contributed by atoms with van der Waals surface area (Å²) in [6, 6.07) is 6.57. The van der Waals surface area contributed by atoms with Gasteiger partial charge in [0.15, 0.2) is 0 Å². The van der Waals surface area contributed by atoms with Gasteiger partial charge in [0, 0.05) is 0 Å². The molecular weight excluding hydrogens is 192 g/mol. The molecule has 84 valence electrons. The first-order valence-corrected chi connectivity index (χ1v) is 6.09. The predicted molar refractivity (Wildman–Crippen MR) is 70.7 cm³/mol. The molecule has 16 heavy (non-hydrogen) atoms. The molecule has 0 N–H and O–H groups in total. The number of allylic oxidation sites excluding steroid dienone is 4. The standard InChI is InChI=1S/C16H20/c1-12-7-4-5-10-15(12)11-16-13(2)8-6-9-14(16)3/h6-10H,4-5,11H2,1-3H3. The first-order valence-electron chi connectivity index (χ1n) is 6.09. The molecule has 0 unspecified atom stereocenters. The van der Waals surface area contributed by atoms with Gasteiger partial charge in [-0.2, -0.15) is 0 Å². The highest BCUT2D eigenvalue weighted by atomic mass is 14.1. The van der Waals surface area contributed by atoms with Gasteiger partial charge in [-0.15, -0.1) is 0 Å². The lowest BCUT2D eigenvalue weighted by Crippen LogP contribution is -2.00. The Labute approximate surface area is 98.7 Å². The largest absolute Gasteiger partial charge is 0.0810 e. The first kappa shape index (κ1) is 11.2. The maximum Gasteiger partial charge on any atom is -0.00212 e. The van der Waals surface area contributed by atoms with E-state index in [1.807, 2.05) is 0 Å².